The van der Waals surface area contributed by atoms with E-state index in [4.69, 9.17) is 5.10 Å². The fourth-order valence-corrected chi connectivity index (χ4v) is 5.13. The second-order valence-corrected chi connectivity index (χ2v) is 9.80. The average Bonchev–Trinajstić information content (AvgIpc) is 3.38. The fourth-order valence-electron chi connectivity index (χ4n) is 4.27. The molecule has 6 nitrogen and oxygen atoms in total. The van der Waals surface area contributed by atoms with Crippen molar-refractivity contribution >= 4 is 20.7 Å². The molecule has 162 valence electrons. The molecule has 2 aromatic heterocycles. The third-order valence-electron chi connectivity index (χ3n) is 5.86. The molecule has 0 atom stereocenters. The number of aromatic nitrogens is 4. The van der Waals surface area contributed by atoms with Gasteiger partial charge in [0.1, 0.15) is 0 Å². The van der Waals surface area contributed by atoms with Gasteiger partial charge in [-0.1, -0.05) is 45.0 Å². The highest BCUT2D eigenvalue weighted by atomic mass is 32.2. The van der Waals surface area contributed by atoms with Crippen LogP contribution < -0.4 is 0 Å². The Labute approximate surface area is 183 Å². The summed E-state index contributed by atoms with van der Waals surface area (Å²) in [4.78, 5) is 0.257. The quantitative estimate of drug-likeness (QED) is 0.398. The minimum absolute atomic E-state index is 0.257. The Morgan fingerprint density at radius 1 is 1.00 bits per heavy atom. The van der Waals surface area contributed by atoms with E-state index in [-0.39, 0.29) is 4.90 Å². The Morgan fingerprint density at radius 3 is 2.42 bits per heavy atom. The molecule has 4 aromatic rings. The molecule has 0 unspecified atom stereocenters. The van der Waals surface area contributed by atoms with Gasteiger partial charge in [0, 0.05) is 22.9 Å². The van der Waals surface area contributed by atoms with Crippen molar-refractivity contribution < 1.29 is 8.42 Å². The van der Waals surface area contributed by atoms with Gasteiger partial charge in [0.15, 0.2) is 9.84 Å². The Morgan fingerprint density at radius 2 is 1.74 bits per heavy atom. The number of para-hydroxylation sites is 1. The third-order valence-corrected chi connectivity index (χ3v) is 7.00. The Hall–Kier alpha value is -2.93. The van der Waals surface area contributed by atoms with E-state index in [1.807, 2.05) is 12.1 Å². The summed E-state index contributed by atoms with van der Waals surface area (Å²) in [5.41, 5.74) is 4.52. The first-order valence-corrected chi connectivity index (χ1v) is 12.6. The minimum Gasteiger partial charge on any atom is -0.265 e. The van der Waals surface area contributed by atoms with Crippen LogP contribution in [0.2, 0.25) is 0 Å². The highest BCUT2D eigenvalue weighted by Gasteiger charge is 2.19. The average molecular weight is 437 g/mol. The molecule has 0 aliphatic rings. The van der Waals surface area contributed by atoms with E-state index in [9.17, 15) is 8.42 Å². The van der Waals surface area contributed by atoms with Crippen molar-refractivity contribution in [2.75, 3.05) is 6.26 Å². The van der Waals surface area contributed by atoms with E-state index in [1.54, 1.807) is 29.1 Å². The summed E-state index contributed by atoms with van der Waals surface area (Å²) >= 11 is 0. The SMILES string of the molecule is CCc1c2ccc(-c3ccnn3-c3ccccc3S(C)(=O)=O)cc2nn1C(CC)CC. The topological polar surface area (TPSA) is 69.8 Å². The molecule has 0 N–H and O–H groups in total. The molecule has 0 bridgehead atoms. The number of rotatable bonds is 7. The molecule has 0 aliphatic heterocycles. The predicted octanol–water partition coefficient (Wildman–Crippen LogP) is 5.22. The third kappa shape index (κ3) is 3.78. The smallest absolute Gasteiger partial charge is 0.177 e. The molecule has 0 amide bonds. The maximum Gasteiger partial charge on any atom is 0.177 e. The minimum atomic E-state index is -3.39. The fraction of sp³-hybridized carbons (Fsp3) is 0.333. The summed E-state index contributed by atoms with van der Waals surface area (Å²) in [6.45, 7) is 6.56. The zero-order valence-corrected chi connectivity index (χ0v) is 19.2. The van der Waals surface area contributed by atoms with Crippen LogP contribution in [0.15, 0.2) is 59.6 Å². The van der Waals surface area contributed by atoms with Crippen LogP contribution in [-0.2, 0) is 16.3 Å². The van der Waals surface area contributed by atoms with Gasteiger partial charge in [-0.05, 0) is 43.5 Å². The number of sulfone groups is 1. The molecule has 0 spiro atoms. The number of aryl methyl sites for hydroxylation is 1. The van der Waals surface area contributed by atoms with E-state index in [0.717, 1.165) is 36.0 Å². The molecule has 0 fully saturated rings. The van der Waals surface area contributed by atoms with Gasteiger partial charge in [-0.25, -0.2) is 13.1 Å². The number of nitrogens with zero attached hydrogens (tertiary/aromatic N) is 4. The van der Waals surface area contributed by atoms with E-state index >= 15 is 0 Å². The largest absolute Gasteiger partial charge is 0.265 e. The highest BCUT2D eigenvalue weighted by Crippen LogP contribution is 2.31. The van der Waals surface area contributed by atoms with Gasteiger partial charge in [0.05, 0.1) is 34.0 Å². The van der Waals surface area contributed by atoms with Crippen LogP contribution in [0.4, 0.5) is 0 Å². The second kappa shape index (κ2) is 8.30. The first kappa shape index (κ1) is 21.3. The first-order chi connectivity index (χ1) is 14.9. The van der Waals surface area contributed by atoms with Crippen molar-refractivity contribution in [2.45, 2.75) is 51.0 Å². The molecule has 2 aromatic carbocycles. The summed E-state index contributed by atoms with van der Waals surface area (Å²) < 4.78 is 28.5. The summed E-state index contributed by atoms with van der Waals surface area (Å²) in [5.74, 6) is 0. The van der Waals surface area contributed by atoms with Crippen LogP contribution >= 0.6 is 0 Å². The zero-order chi connectivity index (χ0) is 22.2. The van der Waals surface area contributed by atoms with Crippen molar-refractivity contribution in [3.8, 4) is 16.9 Å². The summed E-state index contributed by atoms with van der Waals surface area (Å²) in [6, 6.07) is 15.5. The lowest BCUT2D eigenvalue weighted by Crippen LogP contribution is -2.11. The zero-order valence-electron chi connectivity index (χ0n) is 18.4. The first-order valence-electron chi connectivity index (χ1n) is 10.7. The van der Waals surface area contributed by atoms with Crippen molar-refractivity contribution in [1.82, 2.24) is 19.6 Å². The van der Waals surface area contributed by atoms with E-state index in [2.05, 4.69) is 48.8 Å². The molecular weight excluding hydrogens is 408 g/mol. The number of hydrogen-bond acceptors (Lipinski definition) is 4. The van der Waals surface area contributed by atoms with Gasteiger partial charge in [0.2, 0.25) is 0 Å². The van der Waals surface area contributed by atoms with Gasteiger partial charge < -0.3 is 0 Å². The number of hydrogen-bond donors (Lipinski definition) is 0. The summed E-state index contributed by atoms with van der Waals surface area (Å²) in [5, 5.41) is 10.6. The van der Waals surface area contributed by atoms with Crippen LogP contribution in [0, 0.1) is 0 Å². The van der Waals surface area contributed by atoms with Gasteiger partial charge in [-0.2, -0.15) is 10.2 Å². The van der Waals surface area contributed by atoms with Crippen LogP contribution in [0.3, 0.4) is 0 Å². The van der Waals surface area contributed by atoms with Crippen molar-refractivity contribution in [3.05, 3.63) is 60.4 Å². The molecule has 0 saturated carbocycles. The summed E-state index contributed by atoms with van der Waals surface area (Å²) in [7, 11) is -3.39. The van der Waals surface area contributed by atoms with Crippen molar-refractivity contribution in [2.24, 2.45) is 0 Å². The van der Waals surface area contributed by atoms with Gasteiger partial charge in [-0.3, -0.25) is 4.68 Å². The highest BCUT2D eigenvalue weighted by molar-refractivity contribution is 7.90. The lowest BCUT2D eigenvalue weighted by atomic mass is 10.1. The maximum absolute atomic E-state index is 12.3. The molecule has 0 aliphatic carbocycles. The lowest BCUT2D eigenvalue weighted by Gasteiger charge is -2.16. The Balaban J connectivity index is 1.87. The standard InChI is InChI=1S/C24H28N4O2S/c1-5-18(6-2)27-21(7-3)19-13-12-17(16-20(19)26-27)22-14-15-25-28(22)23-10-8-9-11-24(23)31(4,29)30/h8-16,18H,5-7H2,1-4H3. The molecule has 4 rings (SSSR count). The predicted molar refractivity (Wildman–Crippen MR) is 124 cm³/mol. The lowest BCUT2D eigenvalue weighted by molar-refractivity contribution is 0.419. The van der Waals surface area contributed by atoms with Crippen molar-refractivity contribution in [3.63, 3.8) is 0 Å². The Kier molecular flexibility index (Phi) is 5.71. The normalized spacial score (nSPS) is 12.2. The monoisotopic (exact) mass is 436 g/mol. The van der Waals surface area contributed by atoms with Gasteiger partial charge in [0.25, 0.3) is 0 Å². The van der Waals surface area contributed by atoms with E-state index in [0.29, 0.717) is 11.7 Å². The molecule has 7 heteroatoms. The molecule has 0 saturated heterocycles. The maximum atomic E-state index is 12.3. The van der Waals surface area contributed by atoms with Crippen LogP contribution in [0.25, 0.3) is 27.8 Å². The Bertz CT molecular complexity index is 1330. The summed E-state index contributed by atoms with van der Waals surface area (Å²) in [6.07, 6.45) is 5.92. The van der Waals surface area contributed by atoms with Crippen LogP contribution in [0.1, 0.15) is 45.3 Å². The second-order valence-electron chi connectivity index (χ2n) is 7.82. The van der Waals surface area contributed by atoms with E-state index in [1.165, 1.54) is 17.3 Å². The molecule has 0 radical (unpaired) electrons. The van der Waals surface area contributed by atoms with Gasteiger partial charge >= 0.3 is 0 Å². The van der Waals surface area contributed by atoms with E-state index < -0.39 is 9.84 Å². The van der Waals surface area contributed by atoms with Crippen LogP contribution in [0.5, 0.6) is 0 Å². The molecule has 31 heavy (non-hydrogen) atoms. The van der Waals surface area contributed by atoms with Crippen LogP contribution in [-0.4, -0.2) is 34.2 Å². The van der Waals surface area contributed by atoms with Crippen molar-refractivity contribution in [1.29, 1.82) is 0 Å². The van der Waals surface area contributed by atoms with Gasteiger partial charge in [-0.15, -0.1) is 0 Å². The number of benzene rings is 2. The number of fused-ring (bicyclic) bond motifs is 1. The molecular formula is C24H28N4O2S. The molecule has 2 heterocycles.